The van der Waals surface area contributed by atoms with Gasteiger partial charge in [-0.3, -0.25) is 9.89 Å². The molecule has 3 rings (SSSR count). The lowest BCUT2D eigenvalue weighted by Crippen LogP contribution is -2.32. The third kappa shape index (κ3) is 1.82. The van der Waals surface area contributed by atoms with Crippen LogP contribution in [0.2, 0.25) is 0 Å². The molecule has 2 atom stereocenters. The van der Waals surface area contributed by atoms with Gasteiger partial charge in [0, 0.05) is 23.7 Å². The third-order valence-electron chi connectivity index (χ3n) is 3.65. The zero-order valence-corrected chi connectivity index (χ0v) is 10.4. The summed E-state index contributed by atoms with van der Waals surface area (Å²) in [6.07, 6.45) is 4.38. The van der Waals surface area contributed by atoms with Crippen LogP contribution in [-0.2, 0) is 0 Å². The molecule has 1 aliphatic rings. The standard InChI is InChI=1S/C12H17N5O/c1-7-6-10(18)17-12(14-7)15-11(16-17)8-4-2-3-5-9(8)13/h6,8-9H,2-5,13H2,1H3,(H,14,15,16). The highest BCUT2D eigenvalue weighted by molar-refractivity contribution is 5.28. The van der Waals surface area contributed by atoms with E-state index in [0.717, 1.165) is 25.1 Å². The fourth-order valence-electron chi connectivity index (χ4n) is 2.67. The molecule has 0 bridgehead atoms. The Kier molecular flexibility index (Phi) is 2.66. The number of fused-ring (bicyclic) bond motifs is 1. The van der Waals surface area contributed by atoms with Crippen LogP contribution in [0.3, 0.4) is 0 Å². The molecular weight excluding hydrogens is 230 g/mol. The molecule has 1 saturated carbocycles. The monoisotopic (exact) mass is 247 g/mol. The summed E-state index contributed by atoms with van der Waals surface area (Å²) in [5.74, 6) is 1.44. The van der Waals surface area contributed by atoms with Crippen LogP contribution < -0.4 is 11.3 Å². The van der Waals surface area contributed by atoms with Crippen molar-refractivity contribution in [3.8, 4) is 0 Å². The predicted molar refractivity (Wildman–Crippen MR) is 67.5 cm³/mol. The van der Waals surface area contributed by atoms with E-state index in [-0.39, 0.29) is 17.5 Å². The van der Waals surface area contributed by atoms with Crippen molar-refractivity contribution in [1.82, 2.24) is 19.6 Å². The number of hydrogen-bond donors (Lipinski definition) is 2. The molecule has 2 aromatic heterocycles. The van der Waals surface area contributed by atoms with Gasteiger partial charge < -0.3 is 5.73 Å². The van der Waals surface area contributed by atoms with Gasteiger partial charge in [0.05, 0.1) is 0 Å². The van der Waals surface area contributed by atoms with Crippen LogP contribution in [-0.4, -0.2) is 25.6 Å². The van der Waals surface area contributed by atoms with E-state index in [1.54, 1.807) is 6.92 Å². The van der Waals surface area contributed by atoms with Crippen LogP contribution in [0.4, 0.5) is 0 Å². The molecule has 0 aromatic carbocycles. The van der Waals surface area contributed by atoms with Gasteiger partial charge in [-0.2, -0.15) is 9.50 Å². The molecule has 2 unspecified atom stereocenters. The second-order valence-corrected chi connectivity index (χ2v) is 5.03. The summed E-state index contributed by atoms with van der Waals surface area (Å²) in [4.78, 5) is 20.5. The molecule has 0 amide bonds. The molecule has 3 N–H and O–H groups in total. The van der Waals surface area contributed by atoms with Gasteiger partial charge in [0.2, 0.25) is 0 Å². The highest BCUT2D eigenvalue weighted by Crippen LogP contribution is 2.29. The van der Waals surface area contributed by atoms with Crippen LogP contribution in [0.1, 0.15) is 43.1 Å². The minimum Gasteiger partial charge on any atom is -0.327 e. The topological polar surface area (TPSA) is 89.1 Å². The Hall–Kier alpha value is -1.69. The fraction of sp³-hybridized carbons (Fsp3) is 0.583. The second-order valence-electron chi connectivity index (χ2n) is 5.03. The Bertz CT molecular complexity index is 629. The smallest absolute Gasteiger partial charge is 0.274 e. The maximum atomic E-state index is 11.8. The Morgan fingerprint density at radius 2 is 2.17 bits per heavy atom. The van der Waals surface area contributed by atoms with Crippen LogP contribution in [0.5, 0.6) is 0 Å². The average molecular weight is 247 g/mol. The Morgan fingerprint density at radius 1 is 1.39 bits per heavy atom. The first kappa shape index (κ1) is 11.4. The number of hydrogen-bond acceptors (Lipinski definition) is 4. The van der Waals surface area contributed by atoms with Gasteiger partial charge in [-0.25, -0.2) is 4.98 Å². The molecule has 18 heavy (non-hydrogen) atoms. The van der Waals surface area contributed by atoms with Crippen molar-refractivity contribution >= 4 is 5.78 Å². The minimum atomic E-state index is -0.124. The molecule has 0 aliphatic heterocycles. The molecular formula is C12H17N5O. The molecule has 2 heterocycles. The highest BCUT2D eigenvalue weighted by atomic mass is 16.1. The summed E-state index contributed by atoms with van der Waals surface area (Å²) < 4.78 is 1.39. The Morgan fingerprint density at radius 3 is 2.94 bits per heavy atom. The van der Waals surface area contributed by atoms with E-state index < -0.39 is 0 Å². The van der Waals surface area contributed by atoms with E-state index in [9.17, 15) is 4.79 Å². The summed E-state index contributed by atoms with van der Waals surface area (Å²) in [5.41, 5.74) is 6.69. The predicted octanol–water partition coefficient (Wildman–Crippen LogP) is 0.711. The summed E-state index contributed by atoms with van der Waals surface area (Å²) in [6, 6.07) is 1.62. The highest BCUT2D eigenvalue weighted by Gasteiger charge is 2.26. The van der Waals surface area contributed by atoms with E-state index in [0.29, 0.717) is 11.5 Å². The summed E-state index contributed by atoms with van der Waals surface area (Å²) >= 11 is 0. The third-order valence-corrected chi connectivity index (χ3v) is 3.65. The van der Waals surface area contributed by atoms with Crippen LogP contribution in [0, 0.1) is 6.92 Å². The van der Waals surface area contributed by atoms with E-state index in [1.807, 2.05) is 0 Å². The maximum absolute atomic E-state index is 11.8. The molecule has 96 valence electrons. The first-order valence-electron chi connectivity index (χ1n) is 6.37. The lowest BCUT2D eigenvalue weighted by atomic mass is 9.85. The van der Waals surface area contributed by atoms with Gasteiger partial charge in [0.15, 0.2) is 0 Å². The fourth-order valence-corrected chi connectivity index (χ4v) is 2.67. The zero-order valence-electron chi connectivity index (χ0n) is 10.4. The molecule has 1 aliphatic carbocycles. The number of aryl methyl sites for hydroxylation is 1. The van der Waals surface area contributed by atoms with Crippen LogP contribution in [0.25, 0.3) is 5.78 Å². The van der Waals surface area contributed by atoms with E-state index in [1.165, 1.54) is 17.0 Å². The minimum absolute atomic E-state index is 0.121. The van der Waals surface area contributed by atoms with Crippen LogP contribution >= 0.6 is 0 Å². The number of aromatic nitrogens is 4. The molecule has 0 radical (unpaired) electrons. The molecule has 6 heteroatoms. The van der Waals surface area contributed by atoms with Gasteiger partial charge in [0.1, 0.15) is 5.82 Å². The number of aromatic amines is 1. The van der Waals surface area contributed by atoms with E-state index in [2.05, 4.69) is 15.1 Å². The van der Waals surface area contributed by atoms with Gasteiger partial charge in [-0.15, -0.1) is 0 Å². The lowest BCUT2D eigenvalue weighted by Gasteiger charge is -2.26. The van der Waals surface area contributed by atoms with E-state index >= 15 is 0 Å². The summed E-state index contributed by atoms with van der Waals surface area (Å²) in [7, 11) is 0. The van der Waals surface area contributed by atoms with E-state index in [4.69, 9.17) is 5.73 Å². The molecule has 2 aromatic rings. The number of nitrogens with zero attached hydrogens (tertiary/aromatic N) is 3. The van der Waals surface area contributed by atoms with Gasteiger partial charge in [-0.1, -0.05) is 12.8 Å². The Balaban J connectivity index is 2.08. The first-order valence-corrected chi connectivity index (χ1v) is 6.37. The SMILES string of the molecule is Cc1cc(=O)n2[nH]c(C3CCCCC3N)nc2n1. The second kappa shape index (κ2) is 4.20. The van der Waals surface area contributed by atoms with Crippen molar-refractivity contribution < 1.29 is 0 Å². The Labute approximate surface area is 104 Å². The number of nitrogens with two attached hydrogens (primary N) is 1. The molecule has 1 fully saturated rings. The van der Waals surface area contributed by atoms with Crippen molar-refractivity contribution in [2.24, 2.45) is 5.73 Å². The lowest BCUT2D eigenvalue weighted by molar-refractivity contribution is 0.373. The average Bonchev–Trinajstić information content (AvgIpc) is 2.73. The van der Waals surface area contributed by atoms with Crippen molar-refractivity contribution in [2.45, 2.75) is 44.6 Å². The van der Waals surface area contributed by atoms with Crippen LogP contribution in [0.15, 0.2) is 10.9 Å². The quantitative estimate of drug-likeness (QED) is 0.776. The van der Waals surface area contributed by atoms with Crippen molar-refractivity contribution in [3.63, 3.8) is 0 Å². The van der Waals surface area contributed by atoms with Crippen molar-refractivity contribution in [3.05, 3.63) is 27.9 Å². The number of H-pyrrole nitrogens is 1. The van der Waals surface area contributed by atoms with Crippen molar-refractivity contribution in [2.75, 3.05) is 0 Å². The largest absolute Gasteiger partial charge is 0.327 e. The first-order chi connectivity index (χ1) is 8.65. The molecule has 6 nitrogen and oxygen atoms in total. The number of rotatable bonds is 1. The summed E-state index contributed by atoms with van der Waals surface area (Å²) in [6.45, 7) is 1.79. The molecule has 0 saturated heterocycles. The molecule has 0 spiro atoms. The van der Waals surface area contributed by atoms with Crippen molar-refractivity contribution in [1.29, 1.82) is 0 Å². The zero-order chi connectivity index (χ0) is 12.7. The normalized spacial score (nSPS) is 24.6. The summed E-state index contributed by atoms with van der Waals surface area (Å²) in [5, 5.41) is 3.04. The maximum Gasteiger partial charge on any atom is 0.274 e. The van der Waals surface area contributed by atoms with Gasteiger partial charge in [-0.05, 0) is 19.8 Å². The number of nitrogens with one attached hydrogen (secondary N) is 1. The van der Waals surface area contributed by atoms with Gasteiger partial charge in [0.25, 0.3) is 11.3 Å². The van der Waals surface area contributed by atoms with Gasteiger partial charge >= 0.3 is 0 Å².